The number of hydrogen-bond donors (Lipinski definition) is 2. The summed E-state index contributed by atoms with van der Waals surface area (Å²) in [4.78, 5) is 11.5. The molecule has 0 unspecified atom stereocenters. The van der Waals surface area contributed by atoms with Crippen molar-refractivity contribution in [2.24, 2.45) is 5.92 Å². The number of benzene rings is 2. The molecule has 2 aromatic carbocycles. The Morgan fingerprint density at radius 2 is 1.77 bits per heavy atom. The van der Waals surface area contributed by atoms with E-state index in [2.05, 4.69) is 88.4 Å². The molecule has 3 heterocycles. The molecule has 4 aromatic rings. The van der Waals surface area contributed by atoms with Gasteiger partial charge in [0.25, 0.3) is 0 Å². The minimum Gasteiger partial charge on any atom is -0.354 e. The Morgan fingerprint density at radius 1 is 0.974 bits per heavy atom. The highest BCUT2D eigenvalue weighted by atomic mass is 15.1. The van der Waals surface area contributed by atoms with Crippen LogP contribution in [0.25, 0.3) is 11.1 Å². The molecule has 0 amide bonds. The van der Waals surface area contributed by atoms with Gasteiger partial charge in [0.05, 0.1) is 11.4 Å². The smallest absolute Gasteiger partial charge is 0.0843 e. The largest absolute Gasteiger partial charge is 0.354 e. The quantitative estimate of drug-likeness (QED) is 0.238. The molecule has 39 heavy (non-hydrogen) atoms. The number of anilines is 1. The van der Waals surface area contributed by atoms with Crippen LogP contribution in [0.5, 0.6) is 0 Å². The highest BCUT2D eigenvalue weighted by molar-refractivity contribution is 6.13. The highest BCUT2D eigenvalue weighted by Gasteiger charge is 2.18. The van der Waals surface area contributed by atoms with Crippen LogP contribution >= 0.6 is 0 Å². The maximum absolute atomic E-state index is 8.96. The first kappa shape index (κ1) is 26.5. The summed E-state index contributed by atoms with van der Waals surface area (Å²) in [6.45, 7) is 8.56. The summed E-state index contributed by atoms with van der Waals surface area (Å²) in [5.74, 6) is 0.677. The summed E-state index contributed by atoms with van der Waals surface area (Å²) in [7, 11) is 2.19. The van der Waals surface area contributed by atoms with Gasteiger partial charge < -0.3 is 10.2 Å². The Bertz CT molecular complexity index is 1450. The first-order valence-corrected chi connectivity index (χ1v) is 13.7. The number of piperidine rings is 1. The van der Waals surface area contributed by atoms with E-state index in [1.54, 1.807) is 0 Å². The Hall–Kier alpha value is -4.09. The van der Waals surface area contributed by atoms with Crippen molar-refractivity contribution in [2.75, 3.05) is 25.5 Å². The number of aryl methyl sites for hydroxylation is 1. The third-order valence-electron chi connectivity index (χ3n) is 7.64. The monoisotopic (exact) mass is 515 g/mol. The van der Waals surface area contributed by atoms with Crippen LogP contribution in [0.1, 0.15) is 40.8 Å². The van der Waals surface area contributed by atoms with E-state index < -0.39 is 0 Å². The molecule has 0 atom stereocenters. The minimum absolute atomic E-state index is 0.386. The highest BCUT2D eigenvalue weighted by Crippen LogP contribution is 2.26. The van der Waals surface area contributed by atoms with Crippen molar-refractivity contribution in [1.29, 1.82) is 5.41 Å². The van der Waals surface area contributed by atoms with Gasteiger partial charge in [0, 0.05) is 41.1 Å². The van der Waals surface area contributed by atoms with Crippen LogP contribution < -0.4 is 5.32 Å². The fourth-order valence-corrected chi connectivity index (χ4v) is 5.27. The lowest BCUT2D eigenvalue weighted by Gasteiger charge is -2.28. The summed E-state index contributed by atoms with van der Waals surface area (Å²) in [5.41, 5.74) is 9.38. The van der Waals surface area contributed by atoms with Gasteiger partial charge in [0.15, 0.2) is 0 Å². The summed E-state index contributed by atoms with van der Waals surface area (Å²) in [5, 5.41) is 12.3. The second-order valence-corrected chi connectivity index (χ2v) is 10.7. The second-order valence-electron chi connectivity index (χ2n) is 10.7. The van der Waals surface area contributed by atoms with Crippen LogP contribution in [0.2, 0.25) is 0 Å². The van der Waals surface area contributed by atoms with Crippen LogP contribution in [0.4, 0.5) is 5.69 Å². The molecule has 5 rings (SSSR count). The number of nitrogens with zero attached hydrogens (tertiary/aromatic N) is 3. The maximum atomic E-state index is 8.96. The zero-order valence-corrected chi connectivity index (χ0v) is 23.0. The SMILES string of the molecule is C=C(Nc1ccnc(CC2CCN(C)CC2)c1)C(=N)c1cc(-c2cncc(Cc3ccccc3)c2)ccc1C. The molecule has 0 bridgehead atoms. The van der Waals surface area contributed by atoms with E-state index in [1.165, 1.54) is 18.4 Å². The standard InChI is InChI=1S/C34H37N5/c1-24-9-10-29(30-18-28(22-36-23-30)17-26-7-5-4-6-8-26)20-33(24)34(35)25(2)38-31-11-14-37-32(21-31)19-27-12-15-39(3)16-13-27/h4-11,14,18,20-23,27,35H,2,12-13,15-17,19H2,1,3H3,(H,37,38). The van der Waals surface area contributed by atoms with Crippen LogP contribution in [0, 0.1) is 18.3 Å². The molecule has 2 aromatic heterocycles. The van der Waals surface area contributed by atoms with Crippen molar-refractivity contribution >= 4 is 11.4 Å². The molecule has 5 nitrogen and oxygen atoms in total. The third-order valence-corrected chi connectivity index (χ3v) is 7.64. The summed E-state index contributed by atoms with van der Waals surface area (Å²) >= 11 is 0. The minimum atomic E-state index is 0.386. The maximum Gasteiger partial charge on any atom is 0.0843 e. The number of rotatable bonds is 9. The van der Waals surface area contributed by atoms with E-state index in [9.17, 15) is 0 Å². The fourth-order valence-electron chi connectivity index (χ4n) is 5.27. The van der Waals surface area contributed by atoms with Crippen molar-refractivity contribution in [3.8, 4) is 11.1 Å². The molecule has 0 aliphatic carbocycles. The van der Waals surface area contributed by atoms with Gasteiger partial charge in [-0.3, -0.25) is 15.4 Å². The van der Waals surface area contributed by atoms with Crippen molar-refractivity contribution in [3.05, 3.63) is 126 Å². The van der Waals surface area contributed by atoms with Gasteiger partial charge in [-0.2, -0.15) is 0 Å². The lowest BCUT2D eigenvalue weighted by molar-refractivity contribution is 0.218. The fraction of sp³-hybridized carbons (Fsp3) is 0.265. The van der Waals surface area contributed by atoms with Crippen LogP contribution in [-0.4, -0.2) is 40.7 Å². The number of nitrogens with one attached hydrogen (secondary N) is 2. The molecular weight excluding hydrogens is 478 g/mol. The van der Waals surface area contributed by atoms with Gasteiger partial charge in [0.1, 0.15) is 0 Å². The van der Waals surface area contributed by atoms with Gasteiger partial charge in [-0.05, 0) is 105 Å². The third kappa shape index (κ3) is 6.87. The number of hydrogen-bond acceptors (Lipinski definition) is 5. The number of likely N-dealkylation sites (tertiary alicyclic amines) is 1. The molecule has 0 spiro atoms. The molecule has 0 saturated carbocycles. The normalized spacial score (nSPS) is 14.2. The van der Waals surface area contributed by atoms with E-state index in [4.69, 9.17) is 5.41 Å². The van der Waals surface area contributed by atoms with Crippen LogP contribution in [-0.2, 0) is 12.8 Å². The predicted molar refractivity (Wildman–Crippen MR) is 161 cm³/mol. The average Bonchev–Trinajstić information content (AvgIpc) is 2.95. The van der Waals surface area contributed by atoms with E-state index in [0.717, 1.165) is 65.1 Å². The predicted octanol–water partition coefficient (Wildman–Crippen LogP) is 6.92. The summed E-state index contributed by atoms with van der Waals surface area (Å²) in [6, 6.07) is 22.9. The van der Waals surface area contributed by atoms with Gasteiger partial charge >= 0.3 is 0 Å². The lowest BCUT2D eigenvalue weighted by atomic mass is 9.92. The zero-order valence-electron chi connectivity index (χ0n) is 23.0. The summed E-state index contributed by atoms with van der Waals surface area (Å²) < 4.78 is 0. The Morgan fingerprint density at radius 3 is 2.56 bits per heavy atom. The number of aromatic nitrogens is 2. The Kier molecular flexibility index (Phi) is 8.28. The van der Waals surface area contributed by atoms with E-state index in [-0.39, 0.29) is 0 Å². The molecule has 0 radical (unpaired) electrons. The van der Waals surface area contributed by atoms with Gasteiger partial charge in [-0.15, -0.1) is 0 Å². The molecule has 1 saturated heterocycles. The van der Waals surface area contributed by atoms with Gasteiger partial charge in [0.2, 0.25) is 0 Å². The molecule has 1 aliphatic rings. The van der Waals surface area contributed by atoms with E-state index in [0.29, 0.717) is 17.3 Å². The van der Waals surface area contributed by atoms with E-state index in [1.807, 2.05) is 37.6 Å². The second kappa shape index (κ2) is 12.2. The topological polar surface area (TPSA) is 64.9 Å². The number of pyridine rings is 2. The molecular formula is C34H37N5. The Labute approximate surface area is 232 Å². The van der Waals surface area contributed by atoms with Crippen molar-refractivity contribution < 1.29 is 0 Å². The van der Waals surface area contributed by atoms with Crippen LogP contribution in [0.3, 0.4) is 0 Å². The van der Waals surface area contributed by atoms with Gasteiger partial charge in [-0.1, -0.05) is 49.0 Å². The Balaban J connectivity index is 1.28. The first-order chi connectivity index (χ1) is 18.9. The van der Waals surface area contributed by atoms with Crippen molar-refractivity contribution in [1.82, 2.24) is 14.9 Å². The zero-order chi connectivity index (χ0) is 27.2. The van der Waals surface area contributed by atoms with E-state index >= 15 is 0 Å². The molecule has 1 fully saturated rings. The average molecular weight is 516 g/mol. The first-order valence-electron chi connectivity index (χ1n) is 13.7. The summed E-state index contributed by atoms with van der Waals surface area (Å²) in [6.07, 6.45) is 9.93. The van der Waals surface area contributed by atoms with Crippen LogP contribution in [0.15, 0.2) is 97.6 Å². The number of allylic oxidation sites excluding steroid dienone is 1. The molecule has 2 N–H and O–H groups in total. The molecule has 198 valence electrons. The van der Waals surface area contributed by atoms with Crippen molar-refractivity contribution in [3.63, 3.8) is 0 Å². The lowest BCUT2D eigenvalue weighted by Crippen LogP contribution is -2.31. The molecule has 1 aliphatic heterocycles. The van der Waals surface area contributed by atoms with Crippen molar-refractivity contribution in [2.45, 2.75) is 32.6 Å². The van der Waals surface area contributed by atoms with Gasteiger partial charge in [-0.25, -0.2) is 0 Å². The molecule has 5 heteroatoms.